The molecule has 0 amide bonds. The number of hydrogen-bond acceptors (Lipinski definition) is 4. The van der Waals surface area contributed by atoms with Crippen LogP contribution in [-0.2, 0) is 0 Å². The predicted octanol–water partition coefficient (Wildman–Crippen LogP) is 2.77. The molecular formula is C20H35IN4O2. The molecule has 1 unspecified atom stereocenters. The number of aliphatic imine (C=N–C) groups is 1. The molecule has 0 bridgehead atoms. The summed E-state index contributed by atoms with van der Waals surface area (Å²) < 4.78 is 5.25. The Balaban J connectivity index is 0.00000364. The van der Waals surface area contributed by atoms with Crippen molar-refractivity contribution in [3.05, 3.63) is 29.8 Å². The zero-order valence-electron chi connectivity index (χ0n) is 16.9. The van der Waals surface area contributed by atoms with Crippen molar-refractivity contribution in [1.82, 2.24) is 15.5 Å². The summed E-state index contributed by atoms with van der Waals surface area (Å²) in [4.78, 5) is 7.01. The number of methoxy groups -OCH3 is 1. The quantitative estimate of drug-likeness (QED) is 0.312. The van der Waals surface area contributed by atoms with Gasteiger partial charge in [-0.15, -0.1) is 24.0 Å². The average Bonchev–Trinajstić information content (AvgIpc) is 2.64. The molecule has 6 nitrogen and oxygen atoms in total. The number of likely N-dealkylation sites (N-methyl/N-ethyl adjacent to an activating group) is 1. The molecule has 154 valence electrons. The van der Waals surface area contributed by atoms with Gasteiger partial charge in [-0.2, -0.15) is 0 Å². The van der Waals surface area contributed by atoms with E-state index in [1.54, 1.807) is 7.11 Å². The fourth-order valence-corrected chi connectivity index (χ4v) is 3.30. The van der Waals surface area contributed by atoms with E-state index >= 15 is 0 Å². The summed E-state index contributed by atoms with van der Waals surface area (Å²) in [6.45, 7) is 3.58. The first kappa shape index (κ1) is 24.0. The minimum Gasteiger partial charge on any atom is -0.497 e. The van der Waals surface area contributed by atoms with Crippen molar-refractivity contribution in [3.63, 3.8) is 0 Å². The van der Waals surface area contributed by atoms with E-state index in [-0.39, 0.29) is 36.1 Å². The Bertz CT molecular complexity index is 558. The lowest BCUT2D eigenvalue weighted by Gasteiger charge is -2.28. The van der Waals surface area contributed by atoms with Crippen molar-refractivity contribution in [2.24, 2.45) is 4.99 Å². The van der Waals surface area contributed by atoms with Gasteiger partial charge in [-0.1, -0.05) is 12.1 Å². The number of aliphatic hydroxyl groups is 1. The number of hydrogen-bond donors (Lipinski definition) is 3. The number of benzene rings is 1. The summed E-state index contributed by atoms with van der Waals surface area (Å²) in [5.74, 6) is 1.72. The Morgan fingerprint density at radius 3 is 2.37 bits per heavy atom. The van der Waals surface area contributed by atoms with E-state index in [1.807, 2.05) is 12.1 Å². The summed E-state index contributed by atoms with van der Waals surface area (Å²) in [5, 5.41) is 16.6. The maximum Gasteiger partial charge on any atom is 0.191 e. The molecule has 3 N–H and O–H groups in total. The van der Waals surface area contributed by atoms with Crippen molar-refractivity contribution < 1.29 is 9.84 Å². The molecule has 1 aromatic rings. The number of aliphatic hydroxyl groups excluding tert-OH is 1. The zero-order valence-corrected chi connectivity index (χ0v) is 19.3. The van der Waals surface area contributed by atoms with Crippen LogP contribution in [0.3, 0.4) is 0 Å². The Kier molecular flexibility index (Phi) is 11.0. The number of rotatable bonds is 7. The van der Waals surface area contributed by atoms with Gasteiger partial charge in [0.1, 0.15) is 5.75 Å². The van der Waals surface area contributed by atoms with E-state index in [1.165, 1.54) is 5.56 Å². The van der Waals surface area contributed by atoms with Crippen LogP contribution >= 0.6 is 24.0 Å². The first-order valence-corrected chi connectivity index (χ1v) is 9.56. The van der Waals surface area contributed by atoms with Crippen LogP contribution in [0, 0.1) is 0 Å². The number of nitrogens with zero attached hydrogens (tertiary/aromatic N) is 2. The fourth-order valence-electron chi connectivity index (χ4n) is 3.30. The van der Waals surface area contributed by atoms with Gasteiger partial charge < -0.3 is 25.4 Å². The molecule has 0 spiro atoms. The highest BCUT2D eigenvalue weighted by atomic mass is 127. The second-order valence-electron chi connectivity index (χ2n) is 7.12. The van der Waals surface area contributed by atoms with E-state index in [2.05, 4.69) is 48.7 Å². The van der Waals surface area contributed by atoms with E-state index in [0.29, 0.717) is 12.6 Å². The minimum atomic E-state index is -0.138. The number of nitrogens with one attached hydrogen (secondary N) is 2. The van der Waals surface area contributed by atoms with Gasteiger partial charge in [-0.05, 0) is 64.4 Å². The van der Waals surface area contributed by atoms with Crippen molar-refractivity contribution >= 4 is 29.9 Å². The van der Waals surface area contributed by atoms with Gasteiger partial charge in [-0.3, -0.25) is 4.99 Å². The van der Waals surface area contributed by atoms with Crippen molar-refractivity contribution in [3.8, 4) is 5.75 Å². The molecule has 0 heterocycles. The van der Waals surface area contributed by atoms with Crippen molar-refractivity contribution in [1.29, 1.82) is 0 Å². The van der Waals surface area contributed by atoms with Crippen molar-refractivity contribution in [2.45, 2.75) is 50.8 Å². The van der Waals surface area contributed by atoms with Gasteiger partial charge in [0.15, 0.2) is 5.96 Å². The largest absolute Gasteiger partial charge is 0.497 e. The zero-order chi connectivity index (χ0) is 18.9. The molecule has 0 aliphatic heterocycles. The molecule has 2 rings (SSSR count). The normalized spacial score (nSPS) is 21.3. The van der Waals surface area contributed by atoms with Gasteiger partial charge in [-0.25, -0.2) is 0 Å². The van der Waals surface area contributed by atoms with E-state index in [4.69, 9.17) is 9.73 Å². The Hall–Kier alpha value is -1.06. The average molecular weight is 490 g/mol. The molecule has 0 radical (unpaired) electrons. The topological polar surface area (TPSA) is 69.1 Å². The summed E-state index contributed by atoms with van der Waals surface area (Å²) in [6.07, 6.45) is 3.57. The Labute approximate surface area is 180 Å². The molecule has 1 fully saturated rings. The van der Waals surface area contributed by atoms with Gasteiger partial charge in [0.2, 0.25) is 0 Å². The van der Waals surface area contributed by atoms with Crippen LogP contribution in [0.4, 0.5) is 0 Å². The van der Waals surface area contributed by atoms with Crippen LogP contribution in [-0.4, -0.2) is 62.4 Å². The van der Waals surface area contributed by atoms with Gasteiger partial charge in [0, 0.05) is 12.6 Å². The van der Waals surface area contributed by atoms with Crippen LogP contribution in [0.1, 0.15) is 44.2 Å². The molecule has 1 aliphatic carbocycles. The summed E-state index contributed by atoms with van der Waals surface area (Å²) >= 11 is 0. The van der Waals surface area contributed by atoms with Gasteiger partial charge >= 0.3 is 0 Å². The highest BCUT2D eigenvalue weighted by Crippen LogP contribution is 2.22. The van der Waals surface area contributed by atoms with E-state index in [0.717, 1.165) is 43.9 Å². The lowest BCUT2D eigenvalue weighted by molar-refractivity contribution is 0.120. The molecule has 0 aromatic heterocycles. The van der Waals surface area contributed by atoms with Crippen LogP contribution in [0.15, 0.2) is 29.3 Å². The number of ether oxygens (including phenoxy) is 1. The third-order valence-electron chi connectivity index (χ3n) is 4.93. The predicted molar refractivity (Wildman–Crippen MR) is 122 cm³/mol. The third kappa shape index (κ3) is 7.83. The molecular weight excluding hydrogens is 455 g/mol. The Morgan fingerprint density at radius 1 is 1.22 bits per heavy atom. The molecule has 1 aliphatic rings. The standard InChI is InChI=1S/C20H34N4O2.HI/c1-5-21-20(23-16-8-10-17(25)11-9-16)22-14-19(24(2)3)15-6-12-18(26-4)13-7-15;/h6-7,12-13,16-17,19,25H,5,8-11,14H2,1-4H3,(H2,21,22,23);1H. The lowest BCUT2D eigenvalue weighted by atomic mass is 9.93. The van der Waals surface area contributed by atoms with E-state index in [9.17, 15) is 5.11 Å². The summed E-state index contributed by atoms with van der Waals surface area (Å²) in [5.41, 5.74) is 1.22. The minimum absolute atomic E-state index is 0. The maximum absolute atomic E-state index is 9.68. The van der Waals surface area contributed by atoms with Crippen molar-refractivity contribution in [2.75, 3.05) is 34.3 Å². The third-order valence-corrected chi connectivity index (χ3v) is 4.93. The first-order chi connectivity index (χ1) is 12.5. The smallest absolute Gasteiger partial charge is 0.191 e. The molecule has 1 atom stereocenters. The van der Waals surface area contributed by atoms with E-state index < -0.39 is 0 Å². The maximum atomic E-state index is 9.68. The molecule has 27 heavy (non-hydrogen) atoms. The van der Waals surface area contributed by atoms with Crippen LogP contribution in [0.25, 0.3) is 0 Å². The lowest BCUT2D eigenvalue weighted by Crippen LogP contribution is -2.45. The number of halogens is 1. The summed E-state index contributed by atoms with van der Waals surface area (Å²) in [7, 11) is 5.84. The van der Waals surface area contributed by atoms with Gasteiger partial charge in [0.25, 0.3) is 0 Å². The molecule has 1 saturated carbocycles. The SMILES string of the molecule is CCNC(=NCC(c1ccc(OC)cc1)N(C)C)NC1CCC(O)CC1.I. The molecule has 0 saturated heterocycles. The second kappa shape index (κ2) is 12.4. The highest BCUT2D eigenvalue weighted by Gasteiger charge is 2.20. The molecule has 1 aromatic carbocycles. The fraction of sp³-hybridized carbons (Fsp3) is 0.650. The Morgan fingerprint density at radius 2 is 1.85 bits per heavy atom. The highest BCUT2D eigenvalue weighted by molar-refractivity contribution is 14.0. The first-order valence-electron chi connectivity index (χ1n) is 9.56. The van der Waals surface area contributed by atoms with Crippen LogP contribution in [0.2, 0.25) is 0 Å². The van der Waals surface area contributed by atoms with Crippen LogP contribution < -0.4 is 15.4 Å². The molecule has 7 heteroatoms. The second-order valence-corrected chi connectivity index (χ2v) is 7.12. The van der Waals surface area contributed by atoms with Crippen LogP contribution in [0.5, 0.6) is 5.75 Å². The summed E-state index contributed by atoms with van der Waals surface area (Å²) in [6, 6.07) is 8.77. The van der Waals surface area contributed by atoms with Gasteiger partial charge in [0.05, 0.1) is 25.8 Å². The monoisotopic (exact) mass is 490 g/mol. The number of guanidine groups is 1.